The summed E-state index contributed by atoms with van der Waals surface area (Å²) in [7, 11) is 0. The quantitative estimate of drug-likeness (QED) is 0.935. The van der Waals surface area contributed by atoms with Crippen molar-refractivity contribution in [3.05, 3.63) is 40.4 Å². The van der Waals surface area contributed by atoms with Crippen LogP contribution >= 0.6 is 11.6 Å². The van der Waals surface area contributed by atoms with E-state index in [9.17, 15) is 0 Å². The molecule has 2 rings (SSSR count). The summed E-state index contributed by atoms with van der Waals surface area (Å²) < 4.78 is 1.81. The normalized spacial score (nSPS) is 11.3. The van der Waals surface area contributed by atoms with Gasteiger partial charge in [-0.1, -0.05) is 31.5 Å². The first-order valence-electron chi connectivity index (χ1n) is 6.40. The fraction of sp³-hybridized carbons (Fsp3) is 0.429. The molecule has 2 aromatic rings. The van der Waals surface area contributed by atoms with Crippen LogP contribution in [0, 0.1) is 13.8 Å². The Morgan fingerprint density at radius 2 is 2.05 bits per heavy atom. The van der Waals surface area contributed by atoms with Gasteiger partial charge < -0.3 is 5.32 Å². The highest BCUT2D eigenvalue weighted by Gasteiger charge is 2.08. The van der Waals surface area contributed by atoms with Gasteiger partial charge in [-0.25, -0.2) is 9.67 Å². The molecule has 0 aliphatic carbocycles. The molecule has 0 spiro atoms. The Hall–Kier alpha value is -1.39. The number of halogens is 1. The van der Waals surface area contributed by atoms with Gasteiger partial charge in [0.1, 0.15) is 11.6 Å². The lowest BCUT2D eigenvalue weighted by Gasteiger charge is -2.11. The van der Waals surface area contributed by atoms with Crippen molar-refractivity contribution in [3.63, 3.8) is 0 Å². The zero-order valence-electron chi connectivity index (χ0n) is 11.7. The van der Waals surface area contributed by atoms with Crippen LogP contribution in [0.4, 0.5) is 0 Å². The highest BCUT2D eigenvalue weighted by molar-refractivity contribution is 6.31. The average Bonchev–Trinajstić information content (AvgIpc) is 2.66. The van der Waals surface area contributed by atoms with Gasteiger partial charge in [-0.15, -0.1) is 0 Å². The van der Waals surface area contributed by atoms with E-state index in [1.807, 2.05) is 32.0 Å². The largest absolute Gasteiger partial charge is 0.310 e. The van der Waals surface area contributed by atoms with Gasteiger partial charge in [0.25, 0.3) is 0 Å². The second-order valence-electron chi connectivity index (χ2n) is 4.93. The molecule has 1 aromatic heterocycles. The number of hydrogen-bond donors (Lipinski definition) is 1. The van der Waals surface area contributed by atoms with Crippen molar-refractivity contribution in [3.8, 4) is 5.69 Å². The molecule has 0 radical (unpaired) electrons. The van der Waals surface area contributed by atoms with Crippen LogP contribution in [0.25, 0.3) is 5.69 Å². The monoisotopic (exact) mass is 278 g/mol. The van der Waals surface area contributed by atoms with Crippen LogP contribution in [0.15, 0.2) is 18.2 Å². The SMILES string of the molecule is Cc1nc(C)n(-c2ccc(CNC(C)C)c(Cl)c2)n1. The first kappa shape index (κ1) is 14.0. The van der Waals surface area contributed by atoms with Crippen LogP contribution in [0.5, 0.6) is 0 Å². The number of benzene rings is 1. The summed E-state index contributed by atoms with van der Waals surface area (Å²) in [6.45, 7) is 8.81. The maximum Gasteiger partial charge on any atom is 0.148 e. The smallest absolute Gasteiger partial charge is 0.148 e. The van der Waals surface area contributed by atoms with Gasteiger partial charge in [0.15, 0.2) is 0 Å². The van der Waals surface area contributed by atoms with Crippen molar-refractivity contribution in [2.75, 3.05) is 0 Å². The lowest BCUT2D eigenvalue weighted by atomic mass is 10.2. The fourth-order valence-electron chi connectivity index (χ4n) is 1.89. The Balaban J connectivity index is 2.26. The van der Waals surface area contributed by atoms with Crippen LogP contribution in [-0.2, 0) is 6.54 Å². The van der Waals surface area contributed by atoms with Gasteiger partial charge in [-0.05, 0) is 31.5 Å². The molecule has 0 saturated carbocycles. The zero-order valence-corrected chi connectivity index (χ0v) is 12.5. The maximum atomic E-state index is 6.32. The number of hydrogen-bond acceptors (Lipinski definition) is 3. The van der Waals surface area contributed by atoms with E-state index in [4.69, 9.17) is 11.6 Å². The van der Waals surface area contributed by atoms with Crippen LogP contribution in [-0.4, -0.2) is 20.8 Å². The molecule has 0 fully saturated rings. The van der Waals surface area contributed by atoms with Crippen molar-refractivity contribution in [1.82, 2.24) is 20.1 Å². The molecule has 0 atom stereocenters. The molecule has 0 aliphatic heterocycles. The molecule has 0 aliphatic rings. The Morgan fingerprint density at radius 1 is 1.32 bits per heavy atom. The first-order chi connectivity index (χ1) is 8.97. The molecule has 19 heavy (non-hydrogen) atoms. The number of aromatic nitrogens is 3. The Bertz CT molecular complexity index is 575. The first-order valence-corrected chi connectivity index (χ1v) is 6.77. The zero-order chi connectivity index (χ0) is 14.0. The van der Waals surface area contributed by atoms with E-state index in [0.717, 1.165) is 34.5 Å². The predicted octanol–water partition coefficient (Wildman–Crippen LogP) is 3.04. The molecule has 0 amide bonds. The van der Waals surface area contributed by atoms with Crippen LogP contribution in [0.1, 0.15) is 31.1 Å². The minimum Gasteiger partial charge on any atom is -0.310 e. The Morgan fingerprint density at radius 3 is 2.58 bits per heavy atom. The third kappa shape index (κ3) is 3.33. The van der Waals surface area contributed by atoms with Gasteiger partial charge in [0.2, 0.25) is 0 Å². The van der Waals surface area contributed by atoms with Gasteiger partial charge in [-0.2, -0.15) is 5.10 Å². The molecular formula is C14H19ClN4. The summed E-state index contributed by atoms with van der Waals surface area (Å²) in [4.78, 5) is 4.30. The van der Waals surface area contributed by atoms with E-state index in [-0.39, 0.29) is 0 Å². The van der Waals surface area contributed by atoms with E-state index >= 15 is 0 Å². The third-order valence-corrected chi connectivity index (χ3v) is 3.21. The van der Waals surface area contributed by atoms with E-state index in [1.54, 1.807) is 4.68 Å². The lowest BCUT2D eigenvalue weighted by Crippen LogP contribution is -2.22. The van der Waals surface area contributed by atoms with Crippen LogP contribution in [0.3, 0.4) is 0 Å². The topological polar surface area (TPSA) is 42.7 Å². The van der Waals surface area contributed by atoms with Crippen LogP contribution in [0.2, 0.25) is 5.02 Å². The molecule has 0 bridgehead atoms. The van der Waals surface area contributed by atoms with Crippen molar-refractivity contribution in [2.24, 2.45) is 0 Å². The lowest BCUT2D eigenvalue weighted by molar-refractivity contribution is 0.589. The summed E-state index contributed by atoms with van der Waals surface area (Å²) in [6.07, 6.45) is 0. The molecule has 1 N–H and O–H groups in total. The fourth-order valence-corrected chi connectivity index (χ4v) is 2.13. The van der Waals surface area contributed by atoms with E-state index in [2.05, 4.69) is 29.2 Å². The van der Waals surface area contributed by atoms with Crippen molar-refractivity contribution >= 4 is 11.6 Å². The molecule has 1 heterocycles. The minimum absolute atomic E-state index is 0.441. The highest BCUT2D eigenvalue weighted by Crippen LogP contribution is 2.20. The second-order valence-corrected chi connectivity index (χ2v) is 5.34. The second kappa shape index (κ2) is 5.72. The summed E-state index contributed by atoms with van der Waals surface area (Å²) in [5, 5.41) is 8.46. The average molecular weight is 279 g/mol. The van der Waals surface area contributed by atoms with Gasteiger partial charge in [0, 0.05) is 17.6 Å². The Labute approximate surface area is 118 Å². The molecule has 102 valence electrons. The minimum atomic E-state index is 0.441. The molecular weight excluding hydrogens is 260 g/mol. The molecule has 5 heteroatoms. The van der Waals surface area contributed by atoms with Gasteiger partial charge in [-0.3, -0.25) is 0 Å². The Kier molecular flexibility index (Phi) is 4.22. The number of nitrogens with one attached hydrogen (secondary N) is 1. The maximum absolute atomic E-state index is 6.32. The van der Waals surface area contributed by atoms with Gasteiger partial charge in [0.05, 0.1) is 5.69 Å². The number of aryl methyl sites for hydroxylation is 2. The van der Waals surface area contributed by atoms with Crippen molar-refractivity contribution in [2.45, 2.75) is 40.3 Å². The molecule has 4 nitrogen and oxygen atoms in total. The summed E-state index contributed by atoms with van der Waals surface area (Å²) in [6, 6.07) is 6.42. The number of rotatable bonds is 4. The van der Waals surface area contributed by atoms with E-state index < -0.39 is 0 Å². The van der Waals surface area contributed by atoms with E-state index in [0.29, 0.717) is 6.04 Å². The van der Waals surface area contributed by atoms with E-state index in [1.165, 1.54) is 0 Å². The standard InChI is InChI=1S/C14H19ClN4/c1-9(2)16-8-12-5-6-13(7-14(12)15)19-11(4)17-10(3)18-19/h5-7,9,16H,8H2,1-4H3. The number of nitrogens with zero attached hydrogens (tertiary/aromatic N) is 3. The molecule has 0 unspecified atom stereocenters. The van der Waals surface area contributed by atoms with Crippen molar-refractivity contribution < 1.29 is 0 Å². The molecule has 0 saturated heterocycles. The predicted molar refractivity (Wildman–Crippen MR) is 77.8 cm³/mol. The summed E-state index contributed by atoms with van der Waals surface area (Å²) >= 11 is 6.32. The van der Waals surface area contributed by atoms with Crippen LogP contribution < -0.4 is 5.32 Å². The highest BCUT2D eigenvalue weighted by atomic mass is 35.5. The third-order valence-electron chi connectivity index (χ3n) is 2.86. The molecule has 1 aromatic carbocycles. The van der Waals surface area contributed by atoms with Crippen molar-refractivity contribution in [1.29, 1.82) is 0 Å². The summed E-state index contributed by atoms with van der Waals surface area (Å²) in [5.74, 6) is 1.63. The summed E-state index contributed by atoms with van der Waals surface area (Å²) in [5.41, 5.74) is 2.03. The van der Waals surface area contributed by atoms with Gasteiger partial charge >= 0.3 is 0 Å².